The van der Waals surface area contributed by atoms with Gasteiger partial charge in [0.15, 0.2) is 0 Å². The lowest BCUT2D eigenvalue weighted by Gasteiger charge is -2.37. The van der Waals surface area contributed by atoms with E-state index in [0.717, 1.165) is 29.9 Å². The van der Waals surface area contributed by atoms with Gasteiger partial charge in [-0.05, 0) is 41.3 Å². The van der Waals surface area contributed by atoms with Crippen molar-refractivity contribution >= 4 is 34.0 Å². The number of nitrogen functional groups attached to an aromatic ring is 1. The van der Waals surface area contributed by atoms with Crippen LogP contribution < -0.4 is 10.6 Å². The van der Waals surface area contributed by atoms with E-state index in [2.05, 4.69) is 50.6 Å². The molecule has 4 aromatic rings. The van der Waals surface area contributed by atoms with Gasteiger partial charge in [-0.2, -0.15) is 0 Å². The van der Waals surface area contributed by atoms with E-state index in [-0.39, 0.29) is 6.04 Å². The highest BCUT2D eigenvalue weighted by Crippen LogP contribution is 2.43. The maximum Gasteiger partial charge on any atom is 0.0927 e. The first kappa shape index (κ1) is 16.5. The molecule has 1 aromatic carbocycles. The number of fused-ring (bicyclic) bond motifs is 1. The molecule has 0 bridgehead atoms. The zero-order valence-corrected chi connectivity index (χ0v) is 16.2. The molecule has 0 amide bonds. The van der Waals surface area contributed by atoms with E-state index in [1.165, 1.54) is 21.0 Å². The van der Waals surface area contributed by atoms with Crippen LogP contribution in [0.3, 0.4) is 0 Å². The molecule has 1 aliphatic rings. The Labute approximate surface area is 166 Å². The minimum atomic E-state index is 0.0605. The van der Waals surface area contributed by atoms with Gasteiger partial charge in [0.05, 0.1) is 34.0 Å². The molecular formula is C21H18N4S2. The fourth-order valence-corrected chi connectivity index (χ4v) is 5.40. The number of anilines is 2. The molecule has 0 spiro atoms. The third-order valence-corrected chi connectivity index (χ3v) is 6.83. The van der Waals surface area contributed by atoms with Gasteiger partial charge in [0.2, 0.25) is 0 Å². The Morgan fingerprint density at radius 2 is 2.07 bits per heavy atom. The largest absolute Gasteiger partial charge is 0.398 e. The minimum Gasteiger partial charge on any atom is -0.398 e. The Hall–Kier alpha value is -2.70. The molecule has 27 heavy (non-hydrogen) atoms. The van der Waals surface area contributed by atoms with Gasteiger partial charge in [-0.3, -0.25) is 4.98 Å². The number of rotatable bonds is 3. The van der Waals surface area contributed by atoms with Crippen LogP contribution >= 0.6 is 22.7 Å². The quantitative estimate of drug-likeness (QED) is 0.500. The van der Waals surface area contributed by atoms with E-state index in [9.17, 15) is 0 Å². The fourth-order valence-electron chi connectivity index (χ4n) is 3.70. The van der Waals surface area contributed by atoms with Crippen LogP contribution in [-0.4, -0.2) is 16.5 Å². The number of benzene rings is 1. The van der Waals surface area contributed by atoms with Crippen LogP contribution in [0.2, 0.25) is 0 Å². The number of thiazole rings is 1. The van der Waals surface area contributed by atoms with Crippen molar-refractivity contribution in [1.82, 2.24) is 9.97 Å². The molecule has 0 radical (unpaired) electrons. The van der Waals surface area contributed by atoms with E-state index in [1.807, 2.05) is 30.0 Å². The van der Waals surface area contributed by atoms with Crippen LogP contribution in [0.15, 0.2) is 65.7 Å². The molecule has 0 saturated carbocycles. The SMILES string of the molecule is Nc1ccc(-c2cccs2)cc1C1c2scnc2CCN1c1cccnc1. The molecule has 3 aromatic heterocycles. The summed E-state index contributed by atoms with van der Waals surface area (Å²) in [5.41, 5.74) is 13.9. The first-order valence-corrected chi connectivity index (χ1v) is 10.6. The molecule has 1 atom stereocenters. The second-order valence-electron chi connectivity index (χ2n) is 6.54. The minimum absolute atomic E-state index is 0.0605. The summed E-state index contributed by atoms with van der Waals surface area (Å²) in [6.07, 6.45) is 4.68. The number of nitrogens with two attached hydrogens (primary N) is 1. The summed E-state index contributed by atoms with van der Waals surface area (Å²) in [5.74, 6) is 0. The number of hydrogen-bond acceptors (Lipinski definition) is 6. The summed E-state index contributed by atoms with van der Waals surface area (Å²) in [6, 6.07) is 14.8. The molecule has 4 nitrogen and oxygen atoms in total. The Balaban J connectivity index is 1.67. The molecule has 0 fully saturated rings. The van der Waals surface area contributed by atoms with E-state index in [1.54, 1.807) is 22.7 Å². The average Bonchev–Trinajstić information content (AvgIpc) is 3.40. The third kappa shape index (κ3) is 2.91. The van der Waals surface area contributed by atoms with Gasteiger partial charge in [0.25, 0.3) is 0 Å². The highest BCUT2D eigenvalue weighted by atomic mass is 32.1. The van der Waals surface area contributed by atoms with Crippen molar-refractivity contribution in [3.8, 4) is 10.4 Å². The van der Waals surface area contributed by atoms with Crippen LogP contribution in [0.25, 0.3) is 10.4 Å². The second kappa shape index (κ2) is 6.79. The van der Waals surface area contributed by atoms with Gasteiger partial charge >= 0.3 is 0 Å². The molecule has 0 aliphatic carbocycles. The maximum absolute atomic E-state index is 6.49. The monoisotopic (exact) mass is 390 g/mol. The fraction of sp³-hybridized carbons (Fsp3) is 0.143. The molecule has 2 N–H and O–H groups in total. The zero-order valence-electron chi connectivity index (χ0n) is 14.6. The Morgan fingerprint density at radius 1 is 1.11 bits per heavy atom. The molecule has 0 saturated heterocycles. The highest BCUT2D eigenvalue weighted by Gasteiger charge is 2.32. The van der Waals surface area contributed by atoms with Crippen molar-refractivity contribution in [2.24, 2.45) is 0 Å². The summed E-state index contributed by atoms with van der Waals surface area (Å²) in [5, 5.41) is 2.11. The van der Waals surface area contributed by atoms with Crippen molar-refractivity contribution < 1.29 is 0 Å². The standard InChI is InChI=1S/C21H18N4S2/c22-17-6-5-14(19-4-2-10-26-19)11-16(17)20-21-18(24-13-27-21)7-9-25(20)15-3-1-8-23-12-15/h1-6,8,10-13,20H,7,9,22H2. The predicted octanol–water partition coefficient (Wildman–Crippen LogP) is 5.00. The normalized spacial score (nSPS) is 16.3. The van der Waals surface area contributed by atoms with E-state index in [4.69, 9.17) is 5.73 Å². The second-order valence-corrected chi connectivity index (χ2v) is 8.38. The Kier molecular flexibility index (Phi) is 4.14. The molecule has 6 heteroatoms. The first-order valence-electron chi connectivity index (χ1n) is 8.83. The van der Waals surface area contributed by atoms with Crippen molar-refractivity contribution in [1.29, 1.82) is 0 Å². The number of aromatic nitrogens is 2. The van der Waals surface area contributed by atoms with Crippen LogP contribution in [0.5, 0.6) is 0 Å². The van der Waals surface area contributed by atoms with Gasteiger partial charge in [-0.1, -0.05) is 12.1 Å². The van der Waals surface area contributed by atoms with Crippen LogP contribution in [0.1, 0.15) is 22.2 Å². The maximum atomic E-state index is 6.49. The molecule has 1 aliphatic heterocycles. The van der Waals surface area contributed by atoms with Crippen LogP contribution in [-0.2, 0) is 6.42 Å². The van der Waals surface area contributed by atoms with Crippen molar-refractivity contribution in [3.63, 3.8) is 0 Å². The summed E-state index contributed by atoms with van der Waals surface area (Å²) in [6.45, 7) is 0.899. The summed E-state index contributed by atoms with van der Waals surface area (Å²) in [7, 11) is 0. The van der Waals surface area contributed by atoms with E-state index >= 15 is 0 Å². The first-order chi connectivity index (χ1) is 13.3. The van der Waals surface area contributed by atoms with Crippen LogP contribution in [0, 0.1) is 0 Å². The van der Waals surface area contributed by atoms with E-state index in [0.29, 0.717) is 0 Å². The summed E-state index contributed by atoms with van der Waals surface area (Å²) < 4.78 is 0. The van der Waals surface area contributed by atoms with Crippen LogP contribution in [0.4, 0.5) is 11.4 Å². The van der Waals surface area contributed by atoms with Crippen molar-refractivity contribution in [2.75, 3.05) is 17.2 Å². The molecular weight excluding hydrogens is 372 g/mol. The molecule has 4 heterocycles. The number of thiophene rings is 1. The molecule has 1 unspecified atom stereocenters. The van der Waals surface area contributed by atoms with Gasteiger partial charge < -0.3 is 10.6 Å². The molecule has 5 rings (SSSR count). The van der Waals surface area contributed by atoms with Gasteiger partial charge in [0, 0.05) is 35.3 Å². The number of nitrogens with zero attached hydrogens (tertiary/aromatic N) is 3. The Bertz CT molecular complexity index is 1060. The van der Waals surface area contributed by atoms with Crippen molar-refractivity contribution in [2.45, 2.75) is 12.5 Å². The number of hydrogen-bond donors (Lipinski definition) is 1. The van der Waals surface area contributed by atoms with Gasteiger partial charge in [-0.15, -0.1) is 22.7 Å². The number of pyridine rings is 1. The van der Waals surface area contributed by atoms with Gasteiger partial charge in [0.1, 0.15) is 0 Å². The third-order valence-electron chi connectivity index (χ3n) is 4.99. The topological polar surface area (TPSA) is 55.0 Å². The lowest BCUT2D eigenvalue weighted by atomic mass is 9.94. The zero-order chi connectivity index (χ0) is 18.2. The Morgan fingerprint density at radius 3 is 2.89 bits per heavy atom. The summed E-state index contributed by atoms with van der Waals surface area (Å²) >= 11 is 3.46. The predicted molar refractivity (Wildman–Crippen MR) is 113 cm³/mol. The van der Waals surface area contributed by atoms with Crippen molar-refractivity contribution in [3.05, 3.63) is 81.9 Å². The molecule has 134 valence electrons. The lowest BCUT2D eigenvalue weighted by Crippen LogP contribution is -2.36. The van der Waals surface area contributed by atoms with Gasteiger partial charge in [-0.25, -0.2) is 4.98 Å². The smallest absolute Gasteiger partial charge is 0.0927 e. The van der Waals surface area contributed by atoms with E-state index < -0.39 is 0 Å². The highest BCUT2D eigenvalue weighted by molar-refractivity contribution is 7.13. The average molecular weight is 391 g/mol. The summed E-state index contributed by atoms with van der Waals surface area (Å²) in [4.78, 5) is 13.9. The lowest BCUT2D eigenvalue weighted by molar-refractivity contribution is 0.655.